The van der Waals surface area contributed by atoms with Gasteiger partial charge in [0, 0.05) is 12.4 Å². The molecule has 0 bridgehead atoms. The van der Waals surface area contributed by atoms with Crippen LogP contribution >= 0.6 is 0 Å². The first-order valence-corrected chi connectivity index (χ1v) is 5.11. The summed E-state index contributed by atoms with van der Waals surface area (Å²) in [5.41, 5.74) is 2.87. The normalized spacial score (nSPS) is 19.9. The second kappa shape index (κ2) is 2.74. The monoisotopic (exact) mass is 183 g/mol. The smallest absolute Gasteiger partial charge is 0.00845 e. The highest BCUT2D eigenvalue weighted by atomic mass is 14.6. The van der Waals surface area contributed by atoms with E-state index in [0.29, 0.717) is 5.92 Å². The lowest BCUT2D eigenvalue weighted by Gasteiger charge is -2.17. The second-order valence-electron chi connectivity index (χ2n) is 4.10. The molecule has 1 aliphatic carbocycles. The number of aromatic nitrogens is 1. The zero-order valence-electron chi connectivity index (χ0n) is 8.25. The predicted molar refractivity (Wildman–Crippen MR) is 60.4 cm³/mol. The van der Waals surface area contributed by atoms with E-state index in [0.717, 1.165) is 0 Å². The Morgan fingerprint density at radius 2 is 2.00 bits per heavy atom. The largest absolute Gasteiger partial charge is 0.366 e. The van der Waals surface area contributed by atoms with Gasteiger partial charge < -0.3 is 4.98 Å². The Morgan fingerprint density at radius 3 is 2.86 bits per heavy atom. The van der Waals surface area contributed by atoms with E-state index in [2.05, 4.69) is 48.6 Å². The van der Waals surface area contributed by atoms with Crippen LogP contribution in [-0.4, -0.2) is 4.98 Å². The molecular weight excluding hydrogens is 170 g/mol. The first-order chi connectivity index (χ1) is 6.84. The average Bonchev–Trinajstić information content (AvgIpc) is 2.62. The number of aromatic amines is 1. The zero-order valence-corrected chi connectivity index (χ0v) is 8.25. The van der Waals surface area contributed by atoms with Gasteiger partial charge in [0.05, 0.1) is 0 Å². The van der Waals surface area contributed by atoms with E-state index in [-0.39, 0.29) is 0 Å². The van der Waals surface area contributed by atoms with Gasteiger partial charge >= 0.3 is 0 Å². The third-order valence-electron chi connectivity index (χ3n) is 3.08. The lowest BCUT2D eigenvalue weighted by Crippen LogP contribution is -1.99. The maximum Gasteiger partial charge on any atom is 0.00845 e. The Kier molecular flexibility index (Phi) is 1.54. The Balaban J connectivity index is 2.34. The number of fused-ring (bicyclic) bond motifs is 2. The van der Waals surface area contributed by atoms with Crippen molar-refractivity contribution in [1.82, 2.24) is 4.98 Å². The Labute approximate surface area is 83.5 Å². The molecule has 0 fully saturated rings. The fourth-order valence-electron chi connectivity index (χ4n) is 2.24. The predicted octanol–water partition coefficient (Wildman–Crippen LogP) is 3.69. The summed E-state index contributed by atoms with van der Waals surface area (Å²) >= 11 is 0. The van der Waals surface area contributed by atoms with Gasteiger partial charge in [-0.2, -0.15) is 0 Å². The van der Waals surface area contributed by atoms with Crippen molar-refractivity contribution in [3.63, 3.8) is 0 Å². The van der Waals surface area contributed by atoms with Crippen LogP contribution in [0.4, 0.5) is 0 Å². The van der Waals surface area contributed by atoms with Crippen molar-refractivity contribution >= 4 is 16.8 Å². The molecule has 1 aliphatic rings. The molecular formula is C13H13N. The first kappa shape index (κ1) is 7.86. The van der Waals surface area contributed by atoms with Crippen LogP contribution in [-0.2, 0) is 0 Å². The molecule has 0 radical (unpaired) electrons. The van der Waals surface area contributed by atoms with Crippen LogP contribution in [0.2, 0.25) is 0 Å². The summed E-state index contributed by atoms with van der Waals surface area (Å²) in [6.45, 7) is 2.29. The topological polar surface area (TPSA) is 15.8 Å². The number of hydrogen-bond acceptors (Lipinski definition) is 0. The summed E-state index contributed by atoms with van der Waals surface area (Å²) in [6, 6.07) is 4.59. The average molecular weight is 183 g/mol. The zero-order chi connectivity index (χ0) is 9.54. The van der Waals surface area contributed by atoms with Crippen molar-refractivity contribution in [3.05, 3.63) is 41.7 Å². The third-order valence-corrected chi connectivity index (χ3v) is 3.08. The van der Waals surface area contributed by atoms with Gasteiger partial charge in [0.1, 0.15) is 0 Å². The molecule has 0 spiro atoms. The lowest BCUT2D eigenvalue weighted by molar-refractivity contribution is 0.773. The highest BCUT2D eigenvalue weighted by Crippen LogP contribution is 2.32. The van der Waals surface area contributed by atoms with Gasteiger partial charge in [-0.3, -0.25) is 0 Å². The molecule has 1 heteroatoms. The SMILES string of the molecule is CC1CC=Cc2cc3c[nH]cc3cc21. The number of hydrogen-bond donors (Lipinski definition) is 1. The van der Waals surface area contributed by atoms with Gasteiger partial charge in [0.15, 0.2) is 0 Å². The molecule has 1 atom stereocenters. The van der Waals surface area contributed by atoms with Gasteiger partial charge in [-0.15, -0.1) is 0 Å². The number of benzene rings is 1. The molecule has 2 aromatic rings. The number of allylic oxidation sites excluding steroid dienone is 1. The lowest BCUT2D eigenvalue weighted by atomic mass is 9.87. The van der Waals surface area contributed by atoms with E-state index in [1.54, 1.807) is 0 Å². The summed E-state index contributed by atoms with van der Waals surface area (Å²) in [5, 5.41) is 2.63. The Bertz CT molecular complexity index is 505. The van der Waals surface area contributed by atoms with Crippen molar-refractivity contribution in [2.75, 3.05) is 0 Å². The molecule has 0 amide bonds. The molecule has 1 aromatic carbocycles. The van der Waals surface area contributed by atoms with Gasteiger partial charge in [-0.1, -0.05) is 19.1 Å². The second-order valence-corrected chi connectivity index (χ2v) is 4.10. The molecule has 1 heterocycles. The van der Waals surface area contributed by atoms with Crippen molar-refractivity contribution in [2.24, 2.45) is 0 Å². The Morgan fingerprint density at radius 1 is 1.21 bits per heavy atom. The van der Waals surface area contributed by atoms with Crippen LogP contribution in [0.5, 0.6) is 0 Å². The molecule has 0 aliphatic heterocycles. The Hall–Kier alpha value is -1.50. The standard InChI is InChI=1S/C13H13N/c1-9-3-2-4-10-5-11-7-14-8-12(11)6-13(9)10/h2,4-9,14H,3H2,1H3. The summed E-state index contributed by atoms with van der Waals surface area (Å²) < 4.78 is 0. The minimum Gasteiger partial charge on any atom is -0.366 e. The van der Waals surface area contributed by atoms with Gasteiger partial charge in [-0.05, 0) is 46.4 Å². The van der Waals surface area contributed by atoms with Crippen LogP contribution in [0.15, 0.2) is 30.6 Å². The van der Waals surface area contributed by atoms with Crippen molar-refractivity contribution in [1.29, 1.82) is 0 Å². The van der Waals surface area contributed by atoms with Crippen LogP contribution < -0.4 is 0 Å². The fraction of sp³-hybridized carbons (Fsp3) is 0.231. The van der Waals surface area contributed by atoms with Crippen molar-refractivity contribution in [2.45, 2.75) is 19.3 Å². The maximum absolute atomic E-state index is 3.15. The molecule has 0 saturated carbocycles. The molecule has 14 heavy (non-hydrogen) atoms. The van der Waals surface area contributed by atoms with E-state index >= 15 is 0 Å². The van der Waals surface area contributed by atoms with E-state index < -0.39 is 0 Å². The van der Waals surface area contributed by atoms with E-state index in [1.807, 2.05) is 0 Å². The number of rotatable bonds is 0. The minimum atomic E-state index is 0.661. The minimum absolute atomic E-state index is 0.661. The number of H-pyrrole nitrogens is 1. The third kappa shape index (κ3) is 1.02. The van der Waals surface area contributed by atoms with Crippen LogP contribution in [0, 0.1) is 0 Å². The fourth-order valence-corrected chi connectivity index (χ4v) is 2.24. The maximum atomic E-state index is 3.15. The first-order valence-electron chi connectivity index (χ1n) is 5.11. The van der Waals surface area contributed by atoms with Gasteiger partial charge in [-0.25, -0.2) is 0 Å². The summed E-state index contributed by atoms with van der Waals surface area (Å²) in [7, 11) is 0. The van der Waals surface area contributed by atoms with E-state index in [9.17, 15) is 0 Å². The van der Waals surface area contributed by atoms with E-state index in [4.69, 9.17) is 0 Å². The summed E-state index contributed by atoms with van der Waals surface area (Å²) in [4.78, 5) is 3.15. The molecule has 0 saturated heterocycles. The highest BCUT2D eigenvalue weighted by Gasteiger charge is 2.13. The number of nitrogens with one attached hydrogen (secondary N) is 1. The van der Waals surface area contributed by atoms with Gasteiger partial charge in [0.2, 0.25) is 0 Å². The molecule has 1 nitrogen and oxygen atoms in total. The van der Waals surface area contributed by atoms with Crippen LogP contribution in [0.1, 0.15) is 30.4 Å². The van der Waals surface area contributed by atoms with Crippen molar-refractivity contribution < 1.29 is 0 Å². The summed E-state index contributed by atoms with van der Waals surface area (Å²) in [6.07, 6.45) is 9.81. The molecule has 1 aromatic heterocycles. The van der Waals surface area contributed by atoms with Gasteiger partial charge in [0.25, 0.3) is 0 Å². The van der Waals surface area contributed by atoms with Crippen LogP contribution in [0.3, 0.4) is 0 Å². The summed E-state index contributed by atoms with van der Waals surface area (Å²) in [5.74, 6) is 0.661. The quantitative estimate of drug-likeness (QED) is 0.641. The molecule has 1 unspecified atom stereocenters. The molecule has 70 valence electrons. The van der Waals surface area contributed by atoms with Crippen molar-refractivity contribution in [3.8, 4) is 0 Å². The molecule has 1 N–H and O–H groups in total. The van der Waals surface area contributed by atoms with E-state index in [1.165, 1.54) is 28.3 Å². The van der Waals surface area contributed by atoms with Crippen LogP contribution in [0.25, 0.3) is 16.8 Å². The molecule has 3 rings (SSSR count). The highest BCUT2D eigenvalue weighted by molar-refractivity contribution is 5.86.